The van der Waals surface area contributed by atoms with Crippen LogP contribution in [0.1, 0.15) is 15.2 Å². The van der Waals surface area contributed by atoms with E-state index in [2.05, 4.69) is 20.9 Å². The normalized spacial score (nSPS) is 11.8. The Hall–Kier alpha value is -1.69. The van der Waals surface area contributed by atoms with E-state index >= 15 is 0 Å². The molecule has 0 unspecified atom stereocenters. The van der Waals surface area contributed by atoms with Crippen LogP contribution in [0.5, 0.6) is 0 Å². The number of aryl methyl sites for hydroxylation is 1. The first-order chi connectivity index (χ1) is 11.5. The SMILES string of the molecule is Cc1sc(=NC(=O)c2cccc(Cl)c2)n(C)c1-c1ccc(Br)cc1. The van der Waals surface area contributed by atoms with Crippen molar-refractivity contribution in [3.63, 3.8) is 0 Å². The lowest BCUT2D eigenvalue weighted by Gasteiger charge is -2.04. The molecular formula is C18H14BrClN2OS. The molecule has 0 radical (unpaired) electrons. The Morgan fingerprint density at radius 3 is 2.58 bits per heavy atom. The number of hydrogen-bond acceptors (Lipinski definition) is 2. The predicted molar refractivity (Wildman–Crippen MR) is 103 cm³/mol. The Morgan fingerprint density at radius 1 is 1.21 bits per heavy atom. The molecule has 122 valence electrons. The summed E-state index contributed by atoms with van der Waals surface area (Å²) in [4.78, 5) is 18.4. The molecule has 1 heterocycles. The molecule has 0 saturated carbocycles. The van der Waals surface area contributed by atoms with Crippen LogP contribution in [0.25, 0.3) is 11.3 Å². The minimum atomic E-state index is -0.295. The molecule has 24 heavy (non-hydrogen) atoms. The molecule has 0 fully saturated rings. The smallest absolute Gasteiger partial charge is 0.279 e. The van der Waals surface area contributed by atoms with E-state index in [1.807, 2.05) is 42.8 Å². The molecule has 1 amide bonds. The van der Waals surface area contributed by atoms with Gasteiger partial charge in [-0.3, -0.25) is 4.79 Å². The predicted octanol–water partition coefficient (Wildman–Crippen LogP) is 5.22. The van der Waals surface area contributed by atoms with E-state index in [0.29, 0.717) is 15.4 Å². The van der Waals surface area contributed by atoms with E-state index in [-0.39, 0.29) is 5.91 Å². The molecule has 3 nitrogen and oxygen atoms in total. The number of aromatic nitrogens is 1. The van der Waals surface area contributed by atoms with Crippen LogP contribution < -0.4 is 4.80 Å². The average Bonchev–Trinajstić information content (AvgIpc) is 2.82. The first-order valence-corrected chi connectivity index (χ1v) is 9.21. The summed E-state index contributed by atoms with van der Waals surface area (Å²) in [5, 5.41) is 0.526. The number of halogens is 2. The van der Waals surface area contributed by atoms with E-state index in [1.54, 1.807) is 24.3 Å². The molecule has 0 atom stereocenters. The van der Waals surface area contributed by atoms with E-state index in [4.69, 9.17) is 11.6 Å². The highest BCUT2D eigenvalue weighted by atomic mass is 79.9. The van der Waals surface area contributed by atoms with Crippen LogP contribution in [-0.4, -0.2) is 10.5 Å². The van der Waals surface area contributed by atoms with Crippen LogP contribution in [0.4, 0.5) is 0 Å². The first-order valence-electron chi connectivity index (χ1n) is 7.22. The largest absolute Gasteiger partial charge is 0.319 e. The maximum Gasteiger partial charge on any atom is 0.279 e. The Bertz CT molecular complexity index is 973. The highest BCUT2D eigenvalue weighted by Crippen LogP contribution is 2.26. The Labute approximate surface area is 157 Å². The highest BCUT2D eigenvalue weighted by Gasteiger charge is 2.12. The monoisotopic (exact) mass is 420 g/mol. The van der Waals surface area contributed by atoms with Crippen LogP contribution in [-0.2, 0) is 7.05 Å². The van der Waals surface area contributed by atoms with Gasteiger partial charge in [0.15, 0.2) is 4.80 Å². The maximum atomic E-state index is 12.4. The third kappa shape index (κ3) is 3.53. The van der Waals surface area contributed by atoms with Gasteiger partial charge in [0.05, 0.1) is 5.69 Å². The lowest BCUT2D eigenvalue weighted by atomic mass is 10.1. The molecule has 0 aliphatic carbocycles. The molecule has 3 rings (SSSR count). The van der Waals surface area contributed by atoms with Gasteiger partial charge in [-0.25, -0.2) is 0 Å². The van der Waals surface area contributed by atoms with E-state index in [1.165, 1.54) is 11.3 Å². The summed E-state index contributed by atoms with van der Waals surface area (Å²) in [5.74, 6) is -0.295. The van der Waals surface area contributed by atoms with Gasteiger partial charge in [0.2, 0.25) is 0 Å². The fourth-order valence-corrected chi connectivity index (χ4v) is 3.90. The zero-order chi connectivity index (χ0) is 17.3. The second-order valence-corrected chi connectivity index (χ2v) is 7.82. The topological polar surface area (TPSA) is 34.4 Å². The molecule has 6 heteroatoms. The Balaban J connectivity index is 2.05. The van der Waals surface area contributed by atoms with Gasteiger partial charge in [-0.2, -0.15) is 4.99 Å². The van der Waals surface area contributed by atoms with E-state index in [9.17, 15) is 4.79 Å². The van der Waals surface area contributed by atoms with Gasteiger partial charge in [-0.05, 0) is 42.8 Å². The zero-order valence-electron chi connectivity index (χ0n) is 13.1. The molecule has 0 bridgehead atoms. The zero-order valence-corrected chi connectivity index (χ0v) is 16.2. The van der Waals surface area contributed by atoms with Gasteiger partial charge in [-0.15, -0.1) is 11.3 Å². The summed E-state index contributed by atoms with van der Waals surface area (Å²) in [6.07, 6.45) is 0. The van der Waals surface area contributed by atoms with Crippen LogP contribution >= 0.6 is 38.9 Å². The third-order valence-corrected chi connectivity index (χ3v) is 5.40. The molecular weight excluding hydrogens is 408 g/mol. The second kappa shape index (κ2) is 7.05. The van der Waals surface area contributed by atoms with Crippen molar-refractivity contribution in [2.45, 2.75) is 6.92 Å². The van der Waals surface area contributed by atoms with Crippen molar-refractivity contribution in [2.24, 2.45) is 12.0 Å². The lowest BCUT2D eigenvalue weighted by Crippen LogP contribution is -2.14. The van der Waals surface area contributed by atoms with Gasteiger partial charge in [0.25, 0.3) is 5.91 Å². The molecule has 2 aromatic carbocycles. The van der Waals surface area contributed by atoms with Crippen molar-refractivity contribution >= 4 is 44.8 Å². The van der Waals surface area contributed by atoms with Crippen LogP contribution in [0.2, 0.25) is 5.02 Å². The van der Waals surface area contributed by atoms with Crippen molar-refractivity contribution in [1.82, 2.24) is 4.57 Å². The molecule has 3 aromatic rings. The Morgan fingerprint density at radius 2 is 1.92 bits per heavy atom. The van der Waals surface area contributed by atoms with E-state index in [0.717, 1.165) is 20.6 Å². The number of rotatable bonds is 2. The summed E-state index contributed by atoms with van der Waals surface area (Å²) in [5.41, 5.74) is 2.63. The first kappa shape index (κ1) is 17.1. The van der Waals surface area contributed by atoms with Gasteiger partial charge in [0, 0.05) is 27.0 Å². The van der Waals surface area contributed by atoms with Gasteiger partial charge in [-0.1, -0.05) is 45.7 Å². The van der Waals surface area contributed by atoms with Gasteiger partial charge in [0.1, 0.15) is 0 Å². The number of benzene rings is 2. The average molecular weight is 422 g/mol. The molecule has 0 aliphatic rings. The Kier molecular flexibility index (Phi) is 5.04. The second-order valence-electron chi connectivity index (χ2n) is 5.28. The number of nitrogens with zero attached hydrogens (tertiary/aromatic N) is 2. The molecule has 0 aliphatic heterocycles. The fraction of sp³-hybridized carbons (Fsp3) is 0.111. The number of carbonyl (C=O) groups excluding carboxylic acids is 1. The van der Waals surface area contributed by atoms with Crippen molar-refractivity contribution in [3.8, 4) is 11.3 Å². The lowest BCUT2D eigenvalue weighted by molar-refractivity contribution is 0.0998. The minimum absolute atomic E-state index is 0.295. The summed E-state index contributed by atoms with van der Waals surface area (Å²) in [6.45, 7) is 2.03. The maximum absolute atomic E-state index is 12.4. The van der Waals surface area contributed by atoms with Crippen LogP contribution in [0.3, 0.4) is 0 Å². The summed E-state index contributed by atoms with van der Waals surface area (Å²) >= 11 is 10.9. The number of hydrogen-bond donors (Lipinski definition) is 0. The third-order valence-electron chi connectivity index (χ3n) is 3.59. The van der Waals surface area contributed by atoms with Crippen molar-refractivity contribution in [3.05, 3.63) is 73.3 Å². The highest BCUT2D eigenvalue weighted by molar-refractivity contribution is 9.10. The molecule has 0 N–H and O–H groups in total. The van der Waals surface area contributed by atoms with Crippen LogP contribution in [0, 0.1) is 6.92 Å². The van der Waals surface area contributed by atoms with Crippen molar-refractivity contribution in [2.75, 3.05) is 0 Å². The molecule has 0 saturated heterocycles. The minimum Gasteiger partial charge on any atom is -0.319 e. The molecule has 1 aromatic heterocycles. The summed E-state index contributed by atoms with van der Waals surface area (Å²) in [7, 11) is 1.92. The van der Waals surface area contributed by atoms with Gasteiger partial charge < -0.3 is 4.57 Å². The summed E-state index contributed by atoms with van der Waals surface area (Å²) in [6, 6.07) is 14.9. The van der Waals surface area contributed by atoms with Gasteiger partial charge >= 0.3 is 0 Å². The molecule has 0 spiro atoms. The number of thiazole rings is 1. The van der Waals surface area contributed by atoms with E-state index < -0.39 is 0 Å². The van der Waals surface area contributed by atoms with Crippen molar-refractivity contribution in [1.29, 1.82) is 0 Å². The van der Waals surface area contributed by atoms with Crippen LogP contribution in [0.15, 0.2) is 58.0 Å². The fourth-order valence-electron chi connectivity index (χ4n) is 2.46. The number of carbonyl (C=O) groups is 1. The number of amides is 1. The standard InChI is InChI=1S/C18H14BrClN2OS/c1-11-16(12-6-8-14(19)9-7-12)22(2)18(24-11)21-17(23)13-4-3-5-15(20)10-13/h3-10H,1-2H3. The van der Waals surface area contributed by atoms with Crippen molar-refractivity contribution < 1.29 is 4.79 Å². The quantitative estimate of drug-likeness (QED) is 0.558. The summed E-state index contributed by atoms with van der Waals surface area (Å²) < 4.78 is 2.98.